The third kappa shape index (κ3) is 3.00. The molecule has 1 atom stereocenters. The van der Waals surface area contributed by atoms with Crippen molar-refractivity contribution in [2.45, 2.75) is 6.04 Å². The molecule has 1 unspecified atom stereocenters. The number of imidazole rings is 1. The zero-order chi connectivity index (χ0) is 22.7. The normalized spacial score (nSPS) is 15.0. The van der Waals surface area contributed by atoms with Gasteiger partial charge >= 0.3 is 0 Å². The Labute approximate surface area is 189 Å². The second kappa shape index (κ2) is 7.06. The van der Waals surface area contributed by atoms with Gasteiger partial charge in [0.15, 0.2) is 0 Å². The summed E-state index contributed by atoms with van der Waals surface area (Å²) in [5.41, 5.74) is 11.2. The molecule has 9 nitrogen and oxygen atoms in total. The summed E-state index contributed by atoms with van der Waals surface area (Å²) in [6.07, 6.45) is 7.12. The summed E-state index contributed by atoms with van der Waals surface area (Å²) in [6, 6.07) is 11.3. The quantitative estimate of drug-likeness (QED) is 0.463. The van der Waals surface area contributed by atoms with Crippen molar-refractivity contribution in [1.29, 1.82) is 0 Å². The monoisotopic (exact) mass is 439 g/mol. The van der Waals surface area contributed by atoms with Crippen LogP contribution in [0.15, 0.2) is 61.3 Å². The Morgan fingerprint density at radius 3 is 2.88 bits per heavy atom. The summed E-state index contributed by atoms with van der Waals surface area (Å²) in [5, 5.41) is 5.06. The summed E-state index contributed by atoms with van der Waals surface area (Å²) in [6.45, 7) is 0.409. The molecule has 0 bridgehead atoms. The third-order valence-electron chi connectivity index (χ3n) is 6.24. The zero-order valence-electron chi connectivity index (χ0n) is 18.1. The van der Waals surface area contributed by atoms with Crippen molar-refractivity contribution in [1.82, 2.24) is 29.0 Å². The molecule has 0 saturated heterocycles. The number of amides is 1. The number of aryl methyl sites for hydroxylation is 1. The Hall–Kier alpha value is -4.40. The summed E-state index contributed by atoms with van der Waals surface area (Å²) in [5.74, 6) is 1.06. The molecular weight excluding hydrogens is 418 g/mol. The minimum atomic E-state index is -0.175. The predicted molar refractivity (Wildman–Crippen MR) is 124 cm³/mol. The molecule has 1 aliphatic rings. The summed E-state index contributed by atoms with van der Waals surface area (Å²) < 4.78 is 9.44. The molecule has 3 aromatic heterocycles. The van der Waals surface area contributed by atoms with Crippen LogP contribution in [0.25, 0.3) is 27.5 Å². The third-order valence-corrected chi connectivity index (χ3v) is 6.24. The Bertz CT molecular complexity index is 1550. The Kier molecular flexibility index (Phi) is 4.13. The zero-order valence-corrected chi connectivity index (χ0v) is 18.1. The lowest BCUT2D eigenvalue weighted by Crippen LogP contribution is -2.32. The minimum absolute atomic E-state index is 0.0934. The fourth-order valence-electron chi connectivity index (χ4n) is 4.43. The highest BCUT2D eigenvalue weighted by Crippen LogP contribution is 2.39. The lowest BCUT2D eigenvalue weighted by molar-refractivity contribution is 0.0708. The van der Waals surface area contributed by atoms with E-state index in [0.29, 0.717) is 18.1 Å². The number of rotatable bonds is 3. The van der Waals surface area contributed by atoms with Gasteiger partial charge in [0.1, 0.15) is 18.7 Å². The van der Waals surface area contributed by atoms with Crippen LogP contribution in [0.1, 0.15) is 22.0 Å². The Balaban J connectivity index is 1.32. The molecule has 6 rings (SSSR count). The molecule has 164 valence electrons. The first-order valence-corrected chi connectivity index (χ1v) is 10.5. The van der Waals surface area contributed by atoms with Crippen molar-refractivity contribution in [2.24, 2.45) is 7.05 Å². The first-order chi connectivity index (χ1) is 16.0. The number of nitrogen functional groups attached to an aromatic ring is 1. The van der Waals surface area contributed by atoms with Gasteiger partial charge in [0.05, 0.1) is 29.5 Å². The summed E-state index contributed by atoms with van der Waals surface area (Å²) in [4.78, 5) is 23.7. The van der Waals surface area contributed by atoms with Crippen molar-refractivity contribution in [2.75, 3.05) is 19.4 Å². The first kappa shape index (κ1) is 19.3. The Morgan fingerprint density at radius 1 is 1.18 bits per heavy atom. The van der Waals surface area contributed by atoms with Gasteiger partial charge in [-0.3, -0.25) is 13.9 Å². The molecule has 1 amide bonds. The summed E-state index contributed by atoms with van der Waals surface area (Å²) in [7, 11) is 3.69. The maximum absolute atomic E-state index is 13.4. The van der Waals surface area contributed by atoms with E-state index in [1.165, 1.54) is 0 Å². The van der Waals surface area contributed by atoms with Crippen LogP contribution in [0.2, 0.25) is 0 Å². The molecule has 0 fully saturated rings. The maximum Gasteiger partial charge on any atom is 0.254 e. The van der Waals surface area contributed by atoms with E-state index in [-0.39, 0.29) is 11.9 Å². The lowest BCUT2D eigenvalue weighted by atomic mass is 10.0. The molecule has 9 heteroatoms. The van der Waals surface area contributed by atoms with Gasteiger partial charge in [-0.1, -0.05) is 12.1 Å². The number of hydrogen-bond donors (Lipinski definition) is 1. The standard InChI is InChI=1S/C24H21N7O2/c1-29-11-16(9-27-29)14-3-5-17-21(12-33-22(17)8-14)30(2)23(32)15-4-6-19-18(7-15)20-10-26-13-31(20)24(25)28-19/h3-11,13,21H,12H2,1-2H3,(H2,25,28). The largest absolute Gasteiger partial charge is 0.491 e. The van der Waals surface area contributed by atoms with Crippen molar-refractivity contribution in [3.63, 3.8) is 0 Å². The number of anilines is 1. The molecule has 4 heterocycles. The highest BCUT2D eigenvalue weighted by Gasteiger charge is 2.31. The molecule has 2 N–H and O–H groups in total. The second-order valence-electron chi connectivity index (χ2n) is 8.25. The van der Waals surface area contributed by atoms with E-state index >= 15 is 0 Å². The number of carbonyl (C=O) groups excluding carboxylic acids is 1. The number of benzene rings is 2. The molecule has 1 aliphatic heterocycles. The number of likely N-dealkylation sites (N-methyl/N-ethyl adjacent to an activating group) is 1. The highest BCUT2D eigenvalue weighted by molar-refractivity contribution is 6.02. The number of aromatic nitrogens is 5. The van der Waals surface area contributed by atoms with Crippen LogP contribution in [-0.2, 0) is 7.05 Å². The van der Waals surface area contributed by atoms with Gasteiger partial charge in [-0.15, -0.1) is 0 Å². The van der Waals surface area contributed by atoms with Crippen molar-refractivity contribution in [3.05, 3.63) is 72.4 Å². The first-order valence-electron chi connectivity index (χ1n) is 10.5. The van der Waals surface area contributed by atoms with E-state index in [0.717, 1.165) is 38.9 Å². The van der Waals surface area contributed by atoms with Crippen LogP contribution in [-0.4, -0.2) is 48.6 Å². The van der Waals surface area contributed by atoms with Crippen molar-refractivity contribution >= 4 is 28.3 Å². The number of nitrogens with two attached hydrogens (primary N) is 1. The molecule has 0 aliphatic carbocycles. The van der Waals surface area contributed by atoms with Crippen LogP contribution in [0.3, 0.4) is 0 Å². The molecule has 5 aromatic rings. The van der Waals surface area contributed by atoms with Crippen LogP contribution in [0.4, 0.5) is 5.95 Å². The number of carbonyl (C=O) groups is 1. The maximum atomic E-state index is 13.4. The van der Waals surface area contributed by atoms with Gasteiger partial charge in [-0.05, 0) is 29.8 Å². The topological polar surface area (TPSA) is 104 Å². The van der Waals surface area contributed by atoms with E-state index in [4.69, 9.17) is 10.5 Å². The number of ether oxygens (including phenoxy) is 1. The van der Waals surface area contributed by atoms with E-state index in [1.807, 2.05) is 49.8 Å². The molecule has 0 saturated carbocycles. The van der Waals surface area contributed by atoms with E-state index in [1.54, 1.807) is 39.6 Å². The number of fused-ring (bicyclic) bond motifs is 4. The average molecular weight is 439 g/mol. The number of nitrogens with zero attached hydrogens (tertiary/aromatic N) is 6. The van der Waals surface area contributed by atoms with Crippen LogP contribution in [0, 0.1) is 0 Å². The van der Waals surface area contributed by atoms with E-state index in [2.05, 4.69) is 15.1 Å². The molecule has 0 radical (unpaired) electrons. The van der Waals surface area contributed by atoms with E-state index < -0.39 is 0 Å². The van der Waals surface area contributed by atoms with Gasteiger partial charge in [0.25, 0.3) is 5.91 Å². The van der Waals surface area contributed by atoms with Gasteiger partial charge in [-0.2, -0.15) is 5.10 Å². The average Bonchev–Trinajstić information content (AvgIpc) is 3.57. The van der Waals surface area contributed by atoms with Crippen molar-refractivity contribution < 1.29 is 9.53 Å². The van der Waals surface area contributed by atoms with Gasteiger partial charge < -0.3 is 15.4 Å². The second-order valence-corrected chi connectivity index (χ2v) is 8.25. The van der Waals surface area contributed by atoms with Crippen LogP contribution >= 0.6 is 0 Å². The Morgan fingerprint density at radius 2 is 2.06 bits per heavy atom. The van der Waals surface area contributed by atoms with Gasteiger partial charge in [0, 0.05) is 42.4 Å². The molecule has 33 heavy (non-hydrogen) atoms. The smallest absolute Gasteiger partial charge is 0.254 e. The predicted octanol–water partition coefficient (Wildman–Crippen LogP) is 3.07. The fourth-order valence-corrected chi connectivity index (χ4v) is 4.43. The molecular formula is C24H21N7O2. The number of hydrogen-bond acceptors (Lipinski definition) is 6. The van der Waals surface area contributed by atoms with Gasteiger partial charge in [-0.25, -0.2) is 9.97 Å². The van der Waals surface area contributed by atoms with Crippen molar-refractivity contribution in [3.8, 4) is 16.9 Å². The summed E-state index contributed by atoms with van der Waals surface area (Å²) >= 11 is 0. The fraction of sp³-hybridized carbons (Fsp3) is 0.167. The highest BCUT2D eigenvalue weighted by atomic mass is 16.5. The minimum Gasteiger partial charge on any atom is -0.491 e. The molecule has 0 spiro atoms. The van der Waals surface area contributed by atoms with Crippen LogP contribution < -0.4 is 10.5 Å². The lowest BCUT2D eigenvalue weighted by Gasteiger charge is -2.24. The van der Waals surface area contributed by atoms with E-state index in [9.17, 15) is 4.79 Å². The van der Waals surface area contributed by atoms with Gasteiger partial charge in [0.2, 0.25) is 5.95 Å². The molecule has 2 aromatic carbocycles. The van der Waals surface area contributed by atoms with Crippen LogP contribution in [0.5, 0.6) is 5.75 Å². The SMILES string of the molecule is CN(C(=O)c1ccc2nc(N)n3cncc3c2c1)C1COc2cc(-c3cnn(C)c3)ccc21.